The maximum Gasteiger partial charge on any atom is 0.413 e. The Kier molecular flexibility index (Phi) is 7.48. The molecule has 1 aliphatic carbocycles. The van der Waals surface area contributed by atoms with Crippen molar-refractivity contribution in [2.45, 2.75) is 58.3 Å². The molecule has 3 aromatic heterocycles. The van der Waals surface area contributed by atoms with Gasteiger partial charge in [-0.1, -0.05) is 55.8 Å². The highest BCUT2D eigenvalue weighted by Gasteiger charge is 2.66. The van der Waals surface area contributed by atoms with E-state index in [2.05, 4.69) is 63.0 Å². The zero-order chi connectivity index (χ0) is 32.1. The van der Waals surface area contributed by atoms with Gasteiger partial charge in [-0.05, 0) is 54.0 Å². The third kappa shape index (κ3) is 5.68. The Hall–Kier alpha value is -4.63. The van der Waals surface area contributed by atoms with Crippen molar-refractivity contribution in [1.29, 1.82) is 5.26 Å². The van der Waals surface area contributed by atoms with Gasteiger partial charge in [0, 0.05) is 35.6 Å². The van der Waals surface area contributed by atoms with Gasteiger partial charge in [-0.3, -0.25) is 10.1 Å². The summed E-state index contributed by atoms with van der Waals surface area (Å²) in [6.07, 6.45) is 1.80. The average molecular weight is 634 g/mol. The molecule has 6 rings (SSSR count). The van der Waals surface area contributed by atoms with Crippen LogP contribution in [0.5, 0.6) is 0 Å². The first-order chi connectivity index (χ1) is 21.3. The minimum Gasteiger partial charge on any atom is -0.383 e. The average Bonchev–Trinajstić information content (AvgIpc) is 3.38. The summed E-state index contributed by atoms with van der Waals surface area (Å²) in [5, 5.41) is 32.9. The van der Waals surface area contributed by atoms with E-state index in [4.69, 9.17) is 11.6 Å². The van der Waals surface area contributed by atoms with Crippen LogP contribution < -0.4 is 10.6 Å². The molecule has 1 aliphatic rings. The van der Waals surface area contributed by atoms with Crippen LogP contribution in [0.3, 0.4) is 0 Å². The normalized spacial score (nSPS) is 15.1. The van der Waals surface area contributed by atoms with Crippen LogP contribution in [0.2, 0.25) is 5.02 Å². The predicted molar refractivity (Wildman–Crippen MR) is 167 cm³/mol. The summed E-state index contributed by atoms with van der Waals surface area (Å²) < 4.78 is 42.9. The number of anilines is 2. The number of rotatable bonds is 8. The van der Waals surface area contributed by atoms with Gasteiger partial charge in [-0.15, -0.1) is 5.10 Å². The molecule has 0 aliphatic heterocycles. The van der Waals surface area contributed by atoms with Crippen molar-refractivity contribution in [2.24, 2.45) is 5.41 Å². The fourth-order valence-electron chi connectivity index (χ4n) is 5.51. The molecule has 3 N–H and O–H groups in total. The number of nitriles is 1. The van der Waals surface area contributed by atoms with Crippen LogP contribution in [0.1, 0.15) is 62.0 Å². The summed E-state index contributed by atoms with van der Waals surface area (Å²) in [6, 6.07) is 10.8. The number of hydrogen-bond donors (Lipinski definition) is 3. The quantitative estimate of drug-likeness (QED) is 0.160. The molecule has 232 valence electrons. The van der Waals surface area contributed by atoms with E-state index in [1.165, 1.54) is 12.4 Å². The number of hydrogen-bond acceptors (Lipinski definition) is 7. The largest absolute Gasteiger partial charge is 0.413 e. The molecule has 1 atom stereocenters. The minimum atomic E-state index is -4.45. The Bertz CT molecular complexity index is 1910. The maximum absolute atomic E-state index is 14.0. The summed E-state index contributed by atoms with van der Waals surface area (Å²) in [5.74, 6) is 0. The molecule has 1 saturated carbocycles. The summed E-state index contributed by atoms with van der Waals surface area (Å²) in [7, 11) is 0. The highest BCUT2D eigenvalue weighted by Crippen LogP contribution is 2.55. The molecule has 13 heteroatoms. The molecule has 2 aromatic carbocycles. The SMILES string of the molecule is Cc1c(-c2cn[nH]c2)cccc1[C@H](Nc1cc(Cl)c2ncc(C#N)c(NCC(C)(C)C)c2c1)c1cn(C2(C(F)(F)F)CC2)nn1. The molecule has 0 spiro atoms. The third-order valence-electron chi connectivity index (χ3n) is 8.14. The number of H-pyrrole nitrogens is 1. The van der Waals surface area contributed by atoms with Gasteiger partial charge in [-0.2, -0.15) is 23.5 Å². The van der Waals surface area contributed by atoms with Gasteiger partial charge in [0.15, 0.2) is 5.54 Å². The topological polar surface area (TPSA) is 120 Å². The van der Waals surface area contributed by atoms with E-state index in [-0.39, 0.29) is 18.3 Å². The summed E-state index contributed by atoms with van der Waals surface area (Å²) in [5.41, 5.74) is 3.67. The highest BCUT2D eigenvalue weighted by atomic mass is 35.5. The molecule has 5 aromatic rings. The Morgan fingerprint density at radius 3 is 2.60 bits per heavy atom. The van der Waals surface area contributed by atoms with Crippen LogP contribution in [0, 0.1) is 23.7 Å². The maximum atomic E-state index is 14.0. The molecule has 0 amide bonds. The van der Waals surface area contributed by atoms with Gasteiger partial charge in [0.05, 0.1) is 40.2 Å². The van der Waals surface area contributed by atoms with Crippen molar-refractivity contribution >= 4 is 33.9 Å². The van der Waals surface area contributed by atoms with Crippen molar-refractivity contribution in [3.8, 4) is 17.2 Å². The van der Waals surface area contributed by atoms with E-state index in [1.807, 2.05) is 31.2 Å². The van der Waals surface area contributed by atoms with Crippen LogP contribution in [0.15, 0.2) is 55.1 Å². The molecule has 3 heterocycles. The van der Waals surface area contributed by atoms with Gasteiger partial charge in [0.25, 0.3) is 0 Å². The van der Waals surface area contributed by atoms with Crippen LogP contribution in [0.4, 0.5) is 24.5 Å². The molecule has 0 saturated heterocycles. The number of pyridine rings is 1. The van der Waals surface area contributed by atoms with Crippen LogP contribution >= 0.6 is 11.6 Å². The molecule has 0 bridgehead atoms. The molecular formula is C32H31ClF3N9. The zero-order valence-electron chi connectivity index (χ0n) is 25.1. The lowest BCUT2D eigenvalue weighted by atomic mass is 9.92. The van der Waals surface area contributed by atoms with Crippen molar-refractivity contribution in [1.82, 2.24) is 30.2 Å². The lowest BCUT2D eigenvalue weighted by Gasteiger charge is -2.24. The summed E-state index contributed by atoms with van der Waals surface area (Å²) in [4.78, 5) is 4.44. The Morgan fingerprint density at radius 1 is 1.18 bits per heavy atom. The molecule has 45 heavy (non-hydrogen) atoms. The van der Waals surface area contributed by atoms with E-state index in [0.717, 1.165) is 26.9 Å². The summed E-state index contributed by atoms with van der Waals surface area (Å²) in [6.45, 7) is 8.77. The summed E-state index contributed by atoms with van der Waals surface area (Å²) >= 11 is 6.76. The van der Waals surface area contributed by atoms with E-state index in [9.17, 15) is 18.4 Å². The predicted octanol–water partition coefficient (Wildman–Crippen LogP) is 7.76. The number of aromatic amines is 1. The van der Waals surface area contributed by atoms with E-state index in [1.54, 1.807) is 18.5 Å². The van der Waals surface area contributed by atoms with Crippen LogP contribution in [-0.2, 0) is 5.54 Å². The Morgan fingerprint density at radius 2 is 1.96 bits per heavy atom. The monoisotopic (exact) mass is 633 g/mol. The van der Waals surface area contributed by atoms with Crippen molar-refractivity contribution in [3.05, 3.63) is 82.5 Å². The second kappa shape index (κ2) is 11.1. The first-order valence-corrected chi connectivity index (χ1v) is 14.8. The number of benzene rings is 2. The third-order valence-corrected chi connectivity index (χ3v) is 8.43. The number of nitrogens with zero attached hydrogens (tertiary/aromatic N) is 6. The van der Waals surface area contributed by atoms with Crippen LogP contribution in [-0.4, -0.2) is 42.9 Å². The number of alkyl halides is 3. The number of nitrogens with one attached hydrogen (secondary N) is 3. The molecule has 9 nitrogen and oxygen atoms in total. The van der Waals surface area contributed by atoms with Gasteiger partial charge in [0.1, 0.15) is 11.8 Å². The number of halogens is 4. The first-order valence-electron chi connectivity index (χ1n) is 14.4. The van der Waals surface area contributed by atoms with Crippen molar-refractivity contribution < 1.29 is 13.2 Å². The van der Waals surface area contributed by atoms with Gasteiger partial charge in [-0.25, -0.2) is 4.68 Å². The zero-order valence-corrected chi connectivity index (χ0v) is 25.8. The first kappa shape index (κ1) is 30.4. The van der Waals surface area contributed by atoms with E-state index >= 15 is 0 Å². The Balaban J connectivity index is 1.48. The number of fused-ring (bicyclic) bond motifs is 1. The molecule has 0 unspecified atom stereocenters. The molecule has 1 fully saturated rings. The number of aromatic nitrogens is 6. The second-order valence-electron chi connectivity index (χ2n) is 12.6. The van der Waals surface area contributed by atoms with Gasteiger partial charge < -0.3 is 10.6 Å². The second-order valence-corrected chi connectivity index (χ2v) is 13.0. The van der Waals surface area contributed by atoms with Gasteiger partial charge >= 0.3 is 6.18 Å². The lowest BCUT2D eigenvalue weighted by molar-refractivity contribution is -0.182. The smallest absolute Gasteiger partial charge is 0.383 e. The van der Waals surface area contributed by atoms with E-state index in [0.29, 0.717) is 45.1 Å². The molecular weight excluding hydrogens is 603 g/mol. The van der Waals surface area contributed by atoms with Crippen LogP contribution in [0.25, 0.3) is 22.0 Å². The lowest BCUT2D eigenvalue weighted by Crippen LogP contribution is -2.35. The van der Waals surface area contributed by atoms with E-state index < -0.39 is 17.8 Å². The van der Waals surface area contributed by atoms with Gasteiger partial charge in [0.2, 0.25) is 0 Å². The minimum absolute atomic E-state index is 0.0503. The van der Waals surface area contributed by atoms with Crippen molar-refractivity contribution in [3.63, 3.8) is 0 Å². The fraction of sp³-hybridized carbons (Fsp3) is 0.344. The standard InChI is InChI=1S/C32H31ClF3N9/c1-18-22(20-14-40-41-15-20)6-5-7-23(18)29(26-16-45(44-43-26)31(8-9-31)32(34,35)36)42-21-10-24-27(39-17-30(2,3)4)19(12-37)13-38-28(24)25(33)11-21/h5-7,10-11,13-16,29,42H,8-9,17H2,1-4H3,(H,38,39)(H,40,41)/t29-/m0/s1. The fourth-order valence-corrected chi connectivity index (χ4v) is 5.77. The highest BCUT2D eigenvalue weighted by molar-refractivity contribution is 6.35. The molecule has 0 radical (unpaired) electrons. The van der Waals surface area contributed by atoms with Crippen molar-refractivity contribution in [2.75, 3.05) is 17.2 Å². The Labute approximate surface area is 262 Å².